The number of hydrogen-bond acceptors (Lipinski definition) is 8. The Morgan fingerprint density at radius 2 is 1.91 bits per heavy atom. The number of fused-ring (bicyclic) bond motifs is 1. The molecule has 6 nitrogen and oxygen atoms in total. The molecule has 7 atom stereocenters. The number of cyclic esters (lactones) is 1. The number of hydrogen-bond donors (Lipinski definition) is 2. The minimum atomic E-state index is -1.19. The van der Waals surface area contributed by atoms with Crippen LogP contribution in [0.4, 0.5) is 0 Å². The highest BCUT2D eigenvalue weighted by atomic mass is 32.2. The molecule has 0 aromatic carbocycles. The summed E-state index contributed by atoms with van der Waals surface area (Å²) in [7, 11) is 0. The Labute approximate surface area is 211 Å². The van der Waals surface area contributed by atoms with Gasteiger partial charge in [-0.05, 0) is 44.3 Å². The monoisotopic (exact) mass is 509 g/mol. The van der Waals surface area contributed by atoms with Crippen molar-refractivity contribution in [3.05, 3.63) is 21.7 Å². The first kappa shape index (κ1) is 27.4. The largest absolute Gasteiger partial charge is 0.458 e. The third kappa shape index (κ3) is 6.71. The van der Waals surface area contributed by atoms with Crippen molar-refractivity contribution in [2.45, 2.75) is 102 Å². The molecule has 2 aliphatic heterocycles. The molecule has 2 aliphatic rings. The number of thiazole rings is 1. The number of ketones is 1. The van der Waals surface area contributed by atoms with Crippen LogP contribution in [0.1, 0.15) is 77.4 Å². The van der Waals surface area contributed by atoms with Gasteiger partial charge in [0, 0.05) is 28.2 Å². The van der Waals surface area contributed by atoms with Gasteiger partial charge in [-0.3, -0.25) is 9.59 Å². The first-order valence-corrected chi connectivity index (χ1v) is 14.1. The number of ether oxygens (including phenoxy) is 1. The second kappa shape index (κ2) is 11.2. The van der Waals surface area contributed by atoms with Crippen molar-refractivity contribution in [2.75, 3.05) is 0 Å². The van der Waals surface area contributed by atoms with Gasteiger partial charge < -0.3 is 14.9 Å². The molecule has 3 heterocycles. The Hall–Kier alpha value is -1.22. The number of aryl methyl sites for hydroxylation is 1. The molecule has 2 N–H and O–H groups in total. The second-order valence-corrected chi connectivity index (χ2v) is 13.1. The molecule has 2 fully saturated rings. The van der Waals surface area contributed by atoms with E-state index in [0.29, 0.717) is 10.5 Å². The van der Waals surface area contributed by atoms with E-state index in [4.69, 9.17) is 4.74 Å². The smallest absolute Gasteiger partial charge is 0.309 e. The molecule has 2 saturated heterocycles. The van der Waals surface area contributed by atoms with Crippen LogP contribution in [0.5, 0.6) is 0 Å². The summed E-state index contributed by atoms with van der Waals surface area (Å²) in [5.41, 5.74) is 0.615. The molecule has 3 rings (SSSR count). The Kier molecular flexibility index (Phi) is 9.04. The van der Waals surface area contributed by atoms with Crippen LogP contribution in [0.2, 0.25) is 0 Å². The summed E-state index contributed by atoms with van der Waals surface area (Å²) in [6, 6.07) is 0. The maximum atomic E-state index is 13.2. The summed E-state index contributed by atoms with van der Waals surface area (Å²) in [5, 5.41) is 25.5. The van der Waals surface area contributed by atoms with Crippen molar-refractivity contribution in [1.29, 1.82) is 0 Å². The van der Waals surface area contributed by atoms with Crippen molar-refractivity contribution in [2.24, 2.45) is 17.3 Å². The van der Waals surface area contributed by atoms with Gasteiger partial charge in [-0.15, -0.1) is 11.3 Å². The van der Waals surface area contributed by atoms with Crippen molar-refractivity contribution in [3.8, 4) is 0 Å². The van der Waals surface area contributed by atoms with Crippen LogP contribution in [0.3, 0.4) is 0 Å². The molecule has 0 saturated carbocycles. The van der Waals surface area contributed by atoms with E-state index in [1.807, 2.05) is 44.0 Å². The number of carbonyl (C=O) groups excluding carboxylic acids is 2. The lowest BCUT2D eigenvalue weighted by Gasteiger charge is -2.34. The summed E-state index contributed by atoms with van der Waals surface area (Å²) < 4.78 is 5.89. The number of carbonyl (C=O) groups is 2. The van der Waals surface area contributed by atoms with Gasteiger partial charge >= 0.3 is 5.97 Å². The zero-order chi connectivity index (χ0) is 25.2. The first-order chi connectivity index (χ1) is 15.9. The Morgan fingerprint density at radius 3 is 2.56 bits per heavy atom. The highest BCUT2D eigenvalue weighted by molar-refractivity contribution is 8.07. The molecule has 1 aromatic rings. The molecule has 0 amide bonds. The van der Waals surface area contributed by atoms with E-state index >= 15 is 0 Å². The van der Waals surface area contributed by atoms with E-state index in [2.05, 4.69) is 4.98 Å². The maximum absolute atomic E-state index is 13.2. The van der Waals surface area contributed by atoms with Gasteiger partial charge in [-0.2, -0.15) is 11.8 Å². The van der Waals surface area contributed by atoms with E-state index in [9.17, 15) is 19.8 Å². The number of aliphatic hydroxyl groups excluding tert-OH is 2. The molecule has 1 unspecified atom stereocenters. The standard InChI is InChI=1S/C26H39NO5S2/c1-14-8-7-9-20-21(34-20)11-19(15(2)10-18-13-33-17(4)27-18)32-23(29)12-22(28)26(5,6)25(31)16(3)24(14)30/h10,13-14,16,19-22,24,28,30H,7-9,11-12H2,1-6H3/t14?,16-,19+,20-,21+,22+,24+/m1/s1. The van der Waals surface area contributed by atoms with Crippen LogP contribution in [-0.4, -0.2) is 55.8 Å². The fourth-order valence-electron chi connectivity index (χ4n) is 4.78. The van der Waals surface area contributed by atoms with Gasteiger partial charge in [0.1, 0.15) is 11.9 Å². The third-order valence-electron chi connectivity index (χ3n) is 7.41. The fourth-order valence-corrected chi connectivity index (χ4v) is 6.55. The molecule has 190 valence electrons. The lowest BCUT2D eigenvalue weighted by molar-refractivity contribution is -0.154. The number of Topliss-reactive ketones (excluding diaryl/α,β-unsaturated/α-hetero) is 1. The highest BCUT2D eigenvalue weighted by Gasteiger charge is 2.44. The number of esters is 1. The van der Waals surface area contributed by atoms with Crippen LogP contribution in [-0.2, 0) is 14.3 Å². The highest BCUT2D eigenvalue weighted by Crippen LogP contribution is 2.48. The van der Waals surface area contributed by atoms with Crippen LogP contribution in [0, 0.1) is 24.2 Å². The lowest BCUT2D eigenvalue weighted by atomic mass is 9.73. The number of thioether (sulfide) groups is 1. The van der Waals surface area contributed by atoms with Crippen molar-refractivity contribution < 1.29 is 24.5 Å². The maximum Gasteiger partial charge on any atom is 0.309 e. The molecule has 8 heteroatoms. The van der Waals surface area contributed by atoms with E-state index in [0.717, 1.165) is 42.0 Å². The van der Waals surface area contributed by atoms with Gasteiger partial charge in [0.25, 0.3) is 0 Å². The molecule has 0 aliphatic carbocycles. The minimum absolute atomic E-state index is 0.00791. The van der Waals surface area contributed by atoms with Crippen molar-refractivity contribution >= 4 is 40.9 Å². The zero-order valence-electron chi connectivity index (χ0n) is 21.1. The molecule has 1 aromatic heterocycles. The van der Waals surface area contributed by atoms with Crippen molar-refractivity contribution in [3.63, 3.8) is 0 Å². The van der Waals surface area contributed by atoms with E-state index < -0.39 is 35.6 Å². The first-order valence-electron chi connectivity index (χ1n) is 12.3. The normalized spacial score (nSPS) is 36.0. The van der Waals surface area contributed by atoms with Crippen LogP contribution in [0.25, 0.3) is 6.08 Å². The quantitative estimate of drug-likeness (QED) is 0.436. The number of nitrogens with zero attached hydrogens (tertiary/aromatic N) is 1. The van der Waals surface area contributed by atoms with E-state index in [1.54, 1.807) is 32.1 Å². The summed E-state index contributed by atoms with van der Waals surface area (Å²) in [4.78, 5) is 30.6. The summed E-state index contributed by atoms with van der Waals surface area (Å²) in [6.07, 6.45) is 2.95. The van der Waals surface area contributed by atoms with Crippen LogP contribution < -0.4 is 0 Å². The topological polar surface area (TPSA) is 96.7 Å². The van der Waals surface area contributed by atoms with Gasteiger partial charge in [0.05, 0.1) is 34.7 Å². The Balaban J connectivity index is 1.81. The Bertz CT molecular complexity index is 911. The van der Waals surface area contributed by atoms with E-state index in [-0.39, 0.29) is 18.1 Å². The average Bonchev–Trinajstić information content (AvgIpc) is 3.38. The van der Waals surface area contributed by atoms with Gasteiger partial charge in [-0.1, -0.05) is 34.1 Å². The fraction of sp³-hybridized carbons (Fsp3) is 0.731. The number of aliphatic hydroxyl groups is 2. The third-order valence-corrected chi connectivity index (χ3v) is 9.67. The minimum Gasteiger partial charge on any atom is -0.458 e. The van der Waals surface area contributed by atoms with Crippen molar-refractivity contribution in [1.82, 2.24) is 4.98 Å². The Morgan fingerprint density at radius 1 is 1.21 bits per heavy atom. The van der Waals surface area contributed by atoms with Gasteiger partial charge in [0.2, 0.25) is 0 Å². The SMILES string of the molecule is CC(=Cc1csc(C)n1)[C@@H]1C[C@@H]2S[C@@H]2CCCC(C)[C@H](O)[C@@H](C)C(=O)C(C)(C)[C@@H](O)CC(=O)O1. The van der Waals surface area contributed by atoms with Gasteiger partial charge in [0.15, 0.2) is 0 Å². The summed E-state index contributed by atoms with van der Waals surface area (Å²) >= 11 is 3.49. The summed E-state index contributed by atoms with van der Waals surface area (Å²) in [6.45, 7) is 10.9. The van der Waals surface area contributed by atoms with E-state index in [1.165, 1.54) is 0 Å². The zero-order valence-corrected chi connectivity index (χ0v) is 22.7. The predicted molar refractivity (Wildman–Crippen MR) is 138 cm³/mol. The van der Waals surface area contributed by atoms with Crippen LogP contribution in [0.15, 0.2) is 11.0 Å². The molecule has 0 bridgehead atoms. The molecule has 34 heavy (non-hydrogen) atoms. The average molecular weight is 510 g/mol. The van der Waals surface area contributed by atoms with Gasteiger partial charge in [-0.25, -0.2) is 4.98 Å². The molecular weight excluding hydrogens is 470 g/mol. The number of aromatic nitrogens is 1. The lowest BCUT2D eigenvalue weighted by Crippen LogP contribution is -2.45. The molecular formula is C26H39NO5S2. The summed E-state index contributed by atoms with van der Waals surface area (Å²) in [5.74, 6) is -1.38. The molecule has 0 spiro atoms. The predicted octanol–water partition coefficient (Wildman–Crippen LogP) is 4.80. The molecule has 0 radical (unpaired) electrons. The van der Waals surface area contributed by atoms with Crippen LogP contribution >= 0.6 is 23.1 Å². The second-order valence-electron chi connectivity index (χ2n) is 10.6. The number of rotatable bonds is 2.